The van der Waals surface area contributed by atoms with E-state index < -0.39 is 6.36 Å². The largest absolute Gasteiger partial charge is 0.573 e. The Kier molecular flexibility index (Phi) is 3.82. The van der Waals surface area contributed by atoms with Crippen LogP contribution in [0.3, 0.4) is 0 Å². The normalized spacial score (nSPS) is 11.6. The average Bonchev–Trinajstić information content (AvgIpc) is 2.48. The number of alkyl halides is 3. The lowest BCUT2D eigenvalue weighted by Crippen LogP contribution is -2.17. The van der Waals surface area contributed by atoms with Gasteiger partial charge >= 0.3 is 6.36 Å². The molecule has 0 aliphatic carbocycles. The van der Waals surface area contributed by atoms with E-state index in [0.29, 0.717) is 6.42 Å². The van der Waals surface area contributed by atoms with Gasteiger partial charge in [-0.05, 0) is 53.3 Å². The van der Waals surface area contributed by atoms with Crippen molar-refractivity contribution in [3.05, 3.63) is 76.1 Å². The van der Waals surface area contributed by atoms with Crippen LogP contribution in [0.2, 0.25) is 0 Å². The third-order valence-electron chi connectivity index (χ3n) is 3.35. The maximum Gasteiger partial charge on any atom is 0.573 e. The van der Waals surface area contributed by atoms with Crippen LogP contribution in [0.4, 0.5) is 13.2 Å². The Balaban J connectivity index is 1.79. The molecule has 0 saturated heterocycles. The number of nitrogens with one attached hydrogen (secondary N) is 1. The number of ether oxygens (including phenoxy) is 1. The van der Waals surface area contributed by atoms with Crippen molar-refractivity contribution in [3.8, 4) is 5.75 Å². The van der Waals surface area contributed by atoms with E-state index in [0.717, 1.165) is 22.0 Å². The van der Waals surface area contributed by atoms with Crippen LogP contribution in [0, 0.1) is 0 Å². The Morgan fingerprint density at radius 3 is 2.30 bits per heavy atom. The molecule has 0 aliphatic heterocycles. The van der Waals surface area contributed by atoms with Gasteiger partial charge < -0.3 is 9.72 Å². The van der Waals surface area contributed by atoms with Crippen molar-refractivity contribution < 1.29 is 17.9 Å². The minimum Gasteiger partial charge on any atom is -0.406 e. The van der Waals surface area contributed by atoms with E-state index in [4.69, 9.17) is 0 Å². The number of rotatable bonds is 3. The van der Waals surface area contributed by atoms with Gasteiger partial charge in [0.1, 0.15) is 5.75 Å². The summed E-state index contributed by atoms with van der Waals surface area (Å²) in [6.07, 6.45) is -4.11. The Morgan fingerprint density at radius 2 is 1.61 bits per heavy atom. The smallest absolute Gasteiger partial charge is 0.406 e. The van der Waals surface area contributed by atoms with Crippen molar-refractivity contribution >= 4 is 10.9 Å². The van der Waals surface area contributed by atoms with Gasteiger partial charge in [-0.15, -0.1) is 13.2 Å². The summed E-state index contributed by atoms with van der Waals surface area (Å²) in [5.41, 5.74) is 2.44. The molecule has 0 radical (unpaired) electrons. The predicted octanol–water partition coefficient (Wildman–Crippen LogP) is 4.02. The van der Waals surface area contributed by atoms with Gasteiger partial charge in [-0.3, -0.25) is 4.79 Å². The first kappa shape index (κ1) is 15.1. The number of hydrogen-bond acceptors (Lipinski definition) is 2. The molecular weight excluding hydrogens is 307 g/mol. The van der Waals surface area contributed by atoms with E-state index in [1.807, 2.05) is 18.2 Å². The summed E-state index contributed by atoms with van der Waals surface area (Å²) in [5.74, 6) is -0.239. The number of pyridine rings is 1. The van der Waals surface area contributed by atoms with Crippen LogP contribution in [0.1, 0.15) is 11.1 Å². The molecule has 2 aromatic carbocycles. The second-order valence-corrected chi connectivity index (χ2v) is 5.11. The van der Waals surface area contributed by atoms with Gasteiger partial charge in [0.2, 0.25) is 5.56 Å². The first-order valence-corrected chi connectivity index (χ1v) is 6.86. The molecule has 0 bridgehead atoms. The fraction of sp³-hybridized carbons (Fsp3) is 0.118. The van der Waals surface area contributed by atoms with Crippen LogP contribution < -0.4 is 10.3 Å². The van der Waals surface area contributed by atoms with Gasteiger partial charge in [0, 0.05) is 11.6 Å². The molecule has 23 heavy (non-hydrogen) atoms. The van der Waals surface area contributed by atoms with Gasteiger partial charge in [0.05, 0.1) is 0 Å². The summed E-state index contributed by atoms with van der Waals surface area (Å²) < 4.78 is 40.2. The Bertz CT molecular complexity index is 883. The molecule has 0 fully saturated rings. The van der Waals surface area contributed by atoms with Gasteiger partial charge in [0.25, 0.3) is 0 Å². The SMILES string of the molecule is O=c1ccc2cc(Cc3ccc(OC(F)(F)F)cc3)ccc2[nH]1. The Labute approximate surface area is 129 Å². The molecule has 0 atom stereocenters. The van der Waals surface area contributed by atoms with Crippen LogP contribution in [0.5, 0.6) is 5.75 Å². The lowest BCUT2D eigenvalue weighted by molar-refractivity contribution is -0.274. The molecule has 118 valence electrons. The van der Waals surface area contributed by atoms with Gasteiger partial charge in [-0.1, -0.05) is 18.2 Å². The monoisotopic (exact) mass is 319 g/mol. The number of fused-ring (bicyclic) bond motifs is 1. The molecule has 6 heteroatoms. The topological polar surface area (TPSA) is 42.1 Å². The first-order valence-electron chi connectivity index (χ1n) is 6.86. The van der Waals surface area contributed by atoms with Crippen LogP contribution in [-0.2, 0) is 6.42 Å². The summed E-state index contributed by atoms with van der Waals surface area (Å²) in [6, 6.07) is 14.6. The van der Waals surface area contributed by atoms with E-state index >= 15 is 0 Å². The van der Waals surface area contributed by atoms with Crippen LogP contribution >= 0.6 is 0 Å². The summed E-state index contributed by atoms with van der Waals surface area (Å²) in [5, 5.41) is 0.902. The summed E-state index contributed by atoms with van der Waals surface area (Å²) >= 11 is 0. The standard InChI is InChI=1S/C17H12F3NO2/c18-17(19,20)23-14-5-1-11(2-6-14)9-12-3-7-15-13(10-12)4-8-16(22)21-15/h1-8,10H,9H2,(H,21,22). The van der Waals surface area contributed by atoms with E-state index in [-0.39, 0.29) is 11.3 Å². The Morgan fingerprint density at radius 1 is 0.913 bits per heavy atom. The maximum absolute atomic E-state index is 12.1. The van der Waals surface area contributed by atoms with Crippen molar-refractivity contribution in [3.63, 3.8) is 0 Å². The maximum atomic E-state index is 12.1. The highest BCUT2D eigenvalue weighted by atomic mass is 19.4. The molecule has 0 amide bonds. The minimum atomic E-state index is -4.68. The molecule has 1 N–H and O–H groups in total. The lowest BCUT2D eigenvalue weighted by atomic mass is 10.0. The van der Waals surface area contributed by atoms with Crippen molar-refractivity contribution in [1.29, 1.82) is 0 Å². The van der Waals surface area contributed by atoms with E-state index in [9.17, 15) is 18.0 Å². The van der Waals surface area contributed by atoms with Gasteiger partial charge in [0.15, 0.2) is 0 Å². The minimum absolute atomic E-state index is 0.162. The molecule has 0 aliphatic rings. The van der Waals surface area contributed by atoms with Crippen molar-refractivity contribution in [2.75, 3.05) is 0 Å². The highest BCUT2D eigenvalue weighted by Crippen LogP contribution is 2.23. The zero-order chi connectivity index (χ0) is 16.4. The van der Waals surface area contributed by atoms with Crippen LogP contribution in [-0.4, -0.2) is 11.3 Å². The van der Waals surface area contributed by atoms with Gasteiger partial charge in [-0.2, -0.15) is 0 Å². The van der Waals surface area contributed by atoms with Gasteiger partial charge in [-0.25, -0.2) is 0 Å². The number of halogens is 3. The molecule has 3 nitrogen and oxygen atoms in total. The van der Waals surface area contributed by atoms with E-state index in [1.165, 1.54) is 18.2 Å². The van der Waals surface area contributed by atoms with E-state index in [2.05, 4.69) is 9.72 Å². The molecule has 0 spiro atoms. The average molecular weight is 319 g/mol. The number of H-pyrrole nitrogens is 1. The highest BCUT2D eigenvalue weighted by molar-refractivity contribution is 5.79. The zero-order valence-corrected chi connectivity index (χ0v) is 11.9. The molecule has 3 rings (SSSR count). The molecule has 0 unspecified atom stereocenters. The Hall–Kier alpha value is -2.76. The lowest BCUT2D eigenvalue weighted by Gasteiger charge is -2.09. The fourth-order valence-corrected chi connectivity index (χ4v) is 2.36. The quantitative estimate of drug-likeness (QED) is 0.792. The first-order chi connectivity index (χ1) is 10.9. The van der Waals surface area contributed by atoms with Crippen molar-refractivity contribution in [1.82, 2.24) is 4.98 Å². The number of benzene rings is 2. The predicted molar refractivity (Wildman–Crippen MR) is 80.5 cm³/mol. The fourth-order valence-electron chi connectivity index (χ4n) is 2.36. The molecular formula is C17H12F3NO2. The summed E-state index contributed by atoms with van der Waals surface area (Å²) in [6.45, 7) is 0. The second kappa shape index (κ2) is 5.79. The summed E-state index contributed by atoms with van der Waals surface area (Å²) in [7, 11) is 0. The zero-order valence-electron chi connectivity index (χ0n) is 11.9. The second-order valence-electron chi connectivity index (χ2n) is 5.11. The third kappa shape index (κ3) is 3.91. The molecule has 0 saturated carbocycles. The van der Waals surface area contributed by atoms with Crippen molar-refractivity contribution in [2.45, 2.75) is 12.8 Å². The molecule has 3 aromatic rings. The number of aromatic nitrogens is 1. The van der Waals surface area contributed by atoms with Crippen molar-refractivity contribution in [2.24, 2.45) is 0 Å². The highest BCUT2D eigenvalue weighted by Gasteiger charge is 2.30. The molecule has 1 heterocycles. The number of hydrogen-bond donors (Lipinski definition) is 1. The third-order valence-corrected chi connectivity index (χ3v) is 3.35. The van der Waals surface area contributed by atoms with E-state index in [1.54, 1.807) is 18.2 Å². The number of aromatic amines is 1. The molecule has 1 aromatic heterocycles. The summed E-state index contributed by atoms with van der Waals surface area (Å²) in [4.78, 5) is 14.0. The van der Waals surface area contributed by atoms with Crippen LogP contribution in [0.25, 0.3) is 10.9 Å². The van der Waals surface area contributed by atoms with Crippen LogP contribution in [0.15, 0.2) is 59.4 Å².